The number of thiophene rings is 1. The number of nitrogens with zero attached hydrogens (tertiary/aromatic N) is 1. The molecule has 0 aliphatic heterocycles. The normalized spacial score (nSPS) is 12.2. The number of hydrogen-bond acceptors (Lipinski definition) is 5. The van der Waals surface area contributed by atoms with E-state index in [0.29, 0.717) is 16.5 Å². The molecule has 0 saturated heterocycles. The van der Waals surface area contributed by atoms with Gasteiger partial charge < -0.3 is 9.73 Å². The van der Waals surface area contributed by atoms with Gasteiger partial charge in [-0.15, -0.1) is 11.3 Å². The summed E-state index contributed by atoms with van der Waals surface area (Å²) in [5.74, 6) is 0.625. The Morgan fingerprint density at radius 1 is 1.35 bits per heavy atom. The first-order valence-corrected chi connectivity index (χ1v) is 8.58. The van der Waals surface area contributed by atoms with Crippen LogP contribution in [0.4, 0.5) is 0 Å². The predicted octanol–water partition coefficient (Wildman–Crippen LogP) is 2.27. The highest BCUT2D eigenvalue weighted by Crippen LogP contribution is 2.25. The van der Waals surface area contributed by atoms with Crippen molar-refractivity contribution in [2.75, 3.05) is 13.6 Å². The molecular formula is C13H18N2O3S2. The van der Waals surface area contributed by atoms with Crippen LogP contribution in [0.15, 0.2) is 39.2 Å². The van der Waals surface area contributed by atoms with Crippen LogP contribution in [0.5, 0.6) is 0 Å². The summed E-state index contributed by atoms with van der Waals surface area (Å²) in [7, 11) is -1.90. The Hall–Kier alpha value is -1.15. The molecule has 0 aliphatic rings. The van der Waals surface area contributed by atoms with Crippen molar-refractivity contribution in [3.05, 3.63) is 41.2 Å². The molecular weight excluding hydrogens is 296 g/mol. The van der Waals surface area contributed by atoms with Crippen molar-refractivity contribution in [2.24, 2.45) is 0 Å². The SMILES string of the molecule is CCNCc1ccc(S(=O)(=O)N(C)Cc2ccco2)s1. The van der Waals surface area contributed by atoms with E-state index in [-0.39, 0.29) is 6.54 Å². The van der Waals surface area contributed by atoms with Gasteiger partial charge in [-0.25, -0.2) is 8.42 Å². The van der Waals surface area contributed by atoms with Gasteiger partial charge in [0.25, 0.3) is 10.0 Å². The lowest BCUT2D eigenvalue weighted by atomic mass is 10.4. The van der Waals surface area contributed by atoms with Gasteiger partial charge in [-0.05, 0) is 30.8 Å². The lowest BCUT2D eigenvalue weighted by Crippen LogP contribution is -2.25. The molecule has 5 nitrogen and oxygen atoms in total. The van der Waals surface area contributed by atoms with Crippen LogP contribution < -0.4 is 5.32 Å². The van der Waals surface area contributed by atoms with Gasteiger partial charge in [0, 0.05) is 18.5 Å². The standard InChI is InChI=1S/C13H18N2O3S2/c1-3-14-9-12-6-7-13(19-12)20(16,17)15(2)10-11-5-4-8-18-11/h4-8,14H,3,9-10H2,1-2H3. The maximum atomic E-state index is 12.4. The quantitative estimate of drug-likeness (QED) is 0.851. The van der Waals surface area contributed by atoms with Crippen LogP contribution in [0.2, 0.25) is 0 Å². The lowest BCUT2D eigenvalue weighted by Gasteiger charge is -2.14. The first kappa shape index (κ1) is 15.2. The van der Waals surface area contributed by atoms with Crippen LogP contribution in [0, 0.1) is 0 Å². The Morgan fingerprint density at radius 2 is 2.15 bits per heavy atom. The van der Waals surface area contributed by atoms with Gasteiger partial charge in [0.15, 0.2) is 0 Å². The largest absolute Gasteiger partial charge is 0.468 e. The molecule has 20 heavy (non-hydrogen) atoms. The number of rotatable bonds is 7. The van der Waals surface area contributed by atoms with Crippen molar-refractivity contribution in [1.29, 1.82) is 0 Å². The summed E-state index contributed by atoms with van der Waals surface area (Å²) in [6.45, 7) is 3.80. The van der Waals surface area contributed by atoms with E-state index in [9.17, 15) is 8.42 Å². The van der Waals surface area contributed by atoms with Crippen molar-refractivity contribution in [3.63, 3.8) is 0 Å². The Bertz CT molecular complexity index is 632. The third-order valence-corrected chi connectivity index (χ3v) is 6.17. The number of furan rings is 1. The smallest absolute Gasteiger partial charge is 0.252 e. The third-order valence-electron chi connectivity index (χ3n) is 2.81. The molecule has 0 aliphatic carbocycles. The lowest BCUT2D eigenvalue weighted by molar-refractivity contribution is 0.407. The van der Waals surface area contributed by atoms with Crippen LogP contribution >= 0.6 is 11.3 Å². The van der Waals surface area contributed by atoms with E-state index in [1.165, 1.54) is 21.9 Å². The molecule has 0 saturated carbocycles. The van der Waals surface area contributed by atoms with Crippen molar-refractivity contribution < 1.29 is 12.8 Å². The molecule has 0 aromatic carbocycles. The second kappa shape index (κ2) is 6.53. The van der Waals surface area contributed by atoms with Crippen LogP contribution in [0.25, 0.3) is 0 Å². The summed E-state index contributed by atoms with van der Waals surface area (Å²) in [5, 5.41) is 3.18. The fourth-order valence-corrected chi connectivity index (χ4v) is 4.37. The minimum atomic E-state index is -3.46. The van der Waals surface area contributed by atoms with Gasteiger partial charge in [0.1, 0.15) is 9.97 Å². The second-order valence-electron chi connectivity index (χ2n) is 4.34. The predicted molar refractivity (Wildman–Crippen MR) is 79.1 cm³/mol. The summed E-state index contributed by atoms with van der Waals surface area (Å²) < 4.78 is 31.7. The van der Waals surface area contributed by atoms with E-state index in [1.807, 2.05) is 13.0 Å². The van der Waals surface area contributed by atoms with Gasteiger partial charge in [0.2, 0.25) is 0 Å². The number of sulfonamides is 1. The summed E-state index contributed by atoms with van der Waals surface area (Å²) in [4.78, 5) is 1.01. The highest BCUT2D eigenvalue weighted by molar-refractivity contribution is 7.91. The van der Waals surface area contributed by atoms with Crippen molar-refractivity contribution in [3.8, 4) is 0 Å². The van der Waals surface area contributed by atoms with E-state index in [1.54, 1.807) is 25.2 Å². The Labute approximate surface area is 123 Å². The molecule has 0 radical (unpaired) electrons. The molecule has 2 rings (SSSR count). The van der Waals surface area contributed by atoms with Crippen molar-refractivity contribution >= 4 is 21.4 Å². The molecule has 1 N–H and O–H groups in total. The van der Waals surface area contributed by atoms with E-state index in [2.05, 4.69) is 5.32 Å². The van der Waals surface area contributed by atoms with E-state index < -0.39 is 10.0 Å². The maximum Gasteiger partial charge on any atom is 0.252 e. The second-order valence-corrected chi connectivity index (χ2v) is 7.78. The topological polar surface area (TPSA) is 62.6 Å². The van der Waals surface area contributed by atoms with Crippen molar-refractivity contribution in [1.82, 2.24) is 9.62 Å². The highest BCUT2D eigenvalue weighted by atomic mass is 32.2. The minimum absolute atomic E-state index is 0.232. The first-order valence-electron chi connectivity index (χ1n) is 6.32. The minimum Gasteiger partial charge on any atom is -0.468 e. The molecule has 110 valence electrons. The first-order chi connectivity index (χ1) is 9.54. The maximum absolute atomic E-state index is 12.4. The summed E-state index contributed by atoms with van der Waals surface area (Å²) >= 11 is 1.30. The molecule has 0 fully saturated rings. The van der Waals surface area contributed by atoms with Crippen LogP contribution in [-0.2, 0) is 23.1 Å². The molecule has 7 heteroatoms. The van der Waals surface area contributed by atoms with Crippen LogP contribution in [0.1, 0.15) is 17.6 Å². The molecule has 0 atom stereocenters. The summed E-state index contributed by atoms with van der Waals surface area (Å²) in [6, 6.07) is 7.01. The van der Waals surface area contributed by atoms with E-state index >= 15 is 0 Å². The van der Waals surface area contributed by atoms with Gasteiger partial charge in [-0.2, -0.15) is 4.31 Å². The van der Waals surface area contributed by atoms with Gasteiger partial charge in [0.05, 0.1) is 12.8 Å². The molecule has 2 aromatic rings. The Balaban J connectivity index is 2.10. The molecule has 0 amide bonds. The zero-order valence-corrected chi connectivity index (χ0v) is 13.1. The van der Waals surface area contributed by atoms with Crippen LogP contribution in [-0.4, -0.2) is 26.3 Å². The Morgan fingerprint density at radius 3 is 2.80 bits per heavy atom. The van der Waals surface area contributed by atoms with Crippen molar-refractivity contribution in [2.45, 2.75) is 24.2 Å². The molecule has 2 aromatic heterocycles. The fraction of sp³-hybridized carbons (Fsp3) is 0.385. The third kappa shape index (κ3) is 3.49. The fourth-order valence-electron chi connectivity index (χ4n) is 1.70. The van der Waals surface area contributed by atoms with Gasteiger partial charge in [-0.1, -0.05) is 6.92 Å². The average Bonchev–Trinajstić information content (AvgIpc) is 3.07. The summed E-state index contributed by atoms with van der Waals surface area (Å²) in [5.41, 5.74) is 0. The number of nitrogens with one attached hydrogen (secondary N) is 1. The zero-order chi connectivity index (χ0) is 14.6. The monoisotopic (exact) mass is 314 g/mol. The van der Waals surface area contributed by atoms with E-state index in [4.69, 9.17) is 4.42 Å². The Kier molecular flexibility index (Phi) is 4.98. The molecule has 0 unspecified atom stereocenters. The van der Waals surface area contributed by atoms with Crippen LogP contribution in [0.3, 0.4) is 0 Å². The molecule has 2 heterocycles. The van der Waals surface area contributed by atoms with Gasteiger partial charge >= 0.3 is 0 Å². The average molecular weight is 314 g/mol. The molecule has 0 bridgehead atoms. The van der Waals surface area contributed by atoms with E-state index in [0.717, 1.165) is 11.4 Å². The molecule has 0 spiro atoms. The number of hydrogen-bond donors (Lipinski definition) is 1. The highest BCUT2D eigenvalue weighted by Gasteiger charge is 2.23. The summed E-state index contributed by atoms with van der Waals surface area (Å²) in [6.07, 6.45) is 1.54. The van der Waals surface area contributed by atoms with Gasteiger partial charge in [-0.3, -0.25) is 0 Å². The zero-order valence-electron chi connectivity index (χ0n) is 11.5.